The number of nitrogens with one attached hydrogen (secondary N) is 2. The number of nitrogens with two attached hydrogens (primary N) is 1. The first kappa shape index (κ1) is 13.2. The van der Waals surface area contributed by atoms with Crippen LogP contribution in [0.4, 0.5) is 11.5 Å². The number of pyridine rings is 1. The van der Waals surface area contributed by atoms with Gasteiger partial charge in [0.25, 0.3) is 0 Å². The first-order valence-electron chi connectivity index (χ1n) is 7.36. The maximum atomic E-state index is 5.96. The van der Waals surface area contributed by atoms with Crippen LogP contribution in [0.3, 0.4) is 0 Å². The van der Waals surface area contributed by atoms with Crippen LogP contribution in [0.15, 0.2) is 30.3 Å². The monoisotopic (exact) mass is 270 g/mol. The average molecular weight is 270 g/mol. The van der Waals surface area contributed by atoms with E-state index >= 15 is 0 Å². The van der Waals surface area contributed by atoms with Gasteiger partial charge in [0.15, 0.2) is 0 Å². The van der Waals surface area contributed by atoms with Crippen molar-refractivity contribution in [3.05, 3.63) is 30.3 Å². The zero-order chi connectivity index (χ0) is 13.9. The van der Waals surface area contributed by atoms with Crippen molar-refractivity contribution < 1.29 is 0 Å². The third-order valence-corrected chi connectivity index (χ3v) is 4.11. The molecule has 1 saturated carbocycles. The summed E-state index contributed by atoms with van der Waals surface area (Å²) in [5, 5.41) is 7.97. The predicted octanol–water partition coefficient (Wildman–Crippen LogP) is 2.96. The van der Waals surface area contributed by atoms with Gasteiger partial charge < -0.3 is 16.4 Å². The molecule has 4 heteroatoms. The van der Waals surface area contributed by atoms with E-state index in [4.69, 9.17) is 10.7 Å². The molecule has 0 atom stereocenters. The van der Waals surface area contributed by atoms with Gasteiger partial charge in [0.2, 0.25) is 0 Å². The summed E-state index contributed by atoms with van der Waals surface area (Å²) >= 11 is 0. The van der Waals surface area contributed by atoms with Crippen molar-refractivity contribution in [1.82, 2.24) is 4.98 Å². The largest absolute Gasteiger partial charge is 0.387 e. The van der Waals surface area contributed by atoms with Crippen molar-refractivity contribution in [3.63, 3.8) is 0 Å². The van der Waals surface area contributed by atoms with Gasteiger partial charge in [-0.15, -0.1) is 0 Å². The Labute approximate surface area is 119 Å². The highest BCUT2D eigenvalue weighted by Crippen LogP contribution is 2.27. The predicted molar refractivity (Wildman–Crippen MR) is 85.1 cm³/mol. The van der Waals surface area contributed by atoms with Crippen molar-refractivity contribution in [3.8, 4) is 0 Å². The molecule has 4 N–H and O–H groups in total. The summed E-state index contributed by atoms with van der Waals surface area (Å²) in [5.41, 5.74) is 8.10. The van der Waals surface area contributed by atoms with Crippen molar-refractivity contribution in [2.45, 2.75) is 37.8 Å². The molecule has 3 rings (SSSR count). The molecule has 1 heterocycles. The van der Waals surface area contributed by atoms with Gasteiger partial charge in [-0.3, -0.25) is 0 Å². The summed E-state index contributed by atoms with van der Waals surface area (Å²) in [7, 11) is 1.95. The number of para-hydroxylation sites is 1. The van der Waals surface area contributed by atoms with E-state index in [-0.39, 0.29) is 0 Å². The molecule has 0 radical (unpaired) electrons. The topological polar surface area (TPSA) is 63.0 Å². The molecule has 0 spiro atoms. The molecule has 0 unspecified atom stereocenters. The number of anilines is 2. The van der Waals surface area contributed by atoms with E-state index in [2.05, 4.69) is 28.8 Å². The molecule has 1 fully saturated rings. The maximum Gasteiger partial charge on any atom is 0.128 e. The highest BCUT2D eigenvalue weighted by Gasteiger charge is 2.18. The van der Waals surface area contributed by atoms with Gasteiger partial charge in [0.1, 0.15) is 5.82 Å². The number of rotatable bonds is 3. The van der Waals surface area contributed by atoms with E-state index in [1.165, 1.54) is 0 Å². The standard InChI is InChI=1S/C16H22N4/c1-18-15-10-16(19-12-8-6-11(17)7-9-12)20-14-5-3-2-4-13(14)15/h2-5,10-12H,6-9,17H2,1H3,(H2,18,19,20). The molecular weight excluding hydrogens is 248 g/mol. The molecule has 0 aliphatic heterocycles. The highest BCUT2D eigenvalue weighted by molar-refractivity contribution is 5.92. The van der Waals surface area contributed by atoms with Gasteiger partial charge in [0.05, 0.1) is 5.52 Å². The Hall–Kier alpha value is -1.81. The van der Waals surface area contributed by atoms with Crippen LogP contribution in [-0.2, 0) is 0 Å². The van der Waals surface area contributed by atoms with Crippen LogP contribution in [0, 0.1) is 0 Å². The molecule has 2 aromatic rings. The number of benzene rings is 1. The van der Waals surface area contributed by atoms with Crippen molar-refractivity contribution in [2.24, 2.45) is 5.73 Å². The Kier molecular flexibility index (Phi) is 3.74. The van der Waals surface area contributed by atoms with Crippen LogP contribution >= 0.6 is 0 Å². The highest BCUT2D eigenvalue weighted by atomic mass is 15.0. The molecule has 1 aromatic carbocycles. The SMILES string of the molecule is CNc1cc(NC2CCC(N)CC2)nc2ccccc12. The van der Waals surface area contributed by atoms with Crippen LogP contribution in [0.25, 0.3) is 10.9 Å². The molecule has 0 saturated heterocycles. The second-order valence-electron chi connectivity index (χ2n) is 5.58. The minimum Gasteiger partial charge on any atom is -0.387 e. The Balaban J connectivity index is 1.84. The fourth-order valence-corrected chi connectivity index (χ4v) is 2.93. The zero-order valence-corrected chi connectivity index (χ0v) is 11.9. The lowest BCUT2D eigenvalue weighted by atomic mass is 9.92. The Morgan fingerprint density at radius 1 is 1.15 bits per heavy atom. The Morgan fingerprint density at radius 3 is 2.65 bits per heavy atom. The van der Waals surface area contributed by atoms with E-state index in [1.807, 2.05) is 19.2 Å². The summed E-state index contributed by atoms with van der Waals surface area (Å²) in [6.07, 6.45) is 4.46. The lowest BCUT2D eigenvalue weighted by Crippen LogP contribution is -2.33. The molecule has 1 aliphatic rings. The third kappa shape index (κ3) is 2.70. The van der Waals surface area contributed by atoms with Gasteiger partial charge in [-0.05, 0) is 31.7 Å². The summed E-state index contributed by atoms with van der Waals surface area (Å²) in [6, 6.07) is 11.2. The summed E-state index contributed by atoms with van der Waals surface area (Å²) < 4.78 is 0. The molecule has 0 bridgehead atoms. The fraction of sp³-hybridized carbons (Fsp3) is 0.438. The van der Waals surface area contributed by atoms with Crippen LogP contribution in [0.5, 0.6) is 0 Å². The Morgan fingerprint density at radius 2 is 1.90 bits per heavy atom. The molecule has 106 valence electrons. The number of hydrogen-bond donors (Lipinski definition) is 3. The molecule has 20 heavy (non-hydrogen) atoms. The lowest BCUT2D eigenvalue weighted by Gasteiger charge is -2.27. The normalized spacial score (nSPS) is 22.7. The molecule has 4 nitrogen and oxygen atoms in total. The average Bonchev–Trinajstić information content (AvgIpc) is 2.49. The van der Waals surface area contributed by atoms with E-state index < -0.39 is 0 Å². The van der Waals surface area contributed by atoms with E-state index in [0.717, 1.165) is 48.1 Å². The van der Waals surface area contributed by atoms with E-state index in [0.29, 0.717) is 12.1 Å². The van der Waals surface area contributed by atoms with Gasteiger partial charge in [-0.25, -0.2) is 4.98 Å². The van der Waals surface area contributed by atoms with Crippen molar-refractivity contribution >= 4 is 22.4 Å². The number of fused-ring (bicyclic) bond motifs is 1. The second kappa shape index (κ2) is 5.67. The van der Waals surface area contributed by atoms with Crippen LogP contribution < -0.4 is 16.4 Å². The molecule has 1 aromatic heterocycles. The van der Waals surface area contributed by atoms with Gasteiger partial charge in [-0.2, -0.15) is 0 Å². The van der Waals surface area contributed by atoms with E-state index in [1.54, 1.807) is 0 Å². The molecule has 1 aliphatic carbocycles. The van der Waals surface area contributed by atoms with Gasteiger partial charge in [0, 0.05) is 36.3 Å². The van der Waals surface area contributed by atoms with Crippen LogP contribution in [0.2, 0.25) is 0 Å². The minimum absolute atomic E-state index is 0.380. The summed E-state index contributed by atoms with van der Waals surface area (Å²) in [6.45, 7) is 0. The lowest BCUT2D eigenvalue weighted by molar-refractivity contribution is 0.410. The molecular formula is C16H22N4. The molecule has 0 amide bonds. The third-order valence-electron chi connectivity index (χ3n) is 4.11. The quantitative estimate of drug-likeness (QED) is 0.802. The summed E-state index contributed by atoms with van der Waals surface area (Å²) in [4.78, 5) is 4.71. The first-order chi connectivity index (χ1) is 9.76. The van der Waals surface area contributed by atoms with Gasteiger partial charge >= 0.3 is 0 Å². The van der Waals surface area contributed by atoms with Crippen LogP contribution in [0.1, 0.15) is 25.7 Å². The Bertz CT molecular complexity index is 588. The number of hydrogen-bond acceptors (Lipinski definition) is 4. The van der Waals surface area contributed by atoms with Gasteiger partial charge in [-0.1, -0.05) is 18.2 Å². The van der Waals surface area contributed by atoms with Crippen molar-refractivity contribution in [1.29, 1.82) is 0 Å². The fourth-order valence-electron chi connectivity index (χ4n) is 2.93. The number of nitrogens with zero attached hydrogens (tertiary/aromatic N) is 1. The van der Waals surface area contributed by atoms with Crippen molar-refractivity contribution in [2.75, 3.05) is 17.7 Å². The maximum absolute atomic E-state index is 5.96. The minimum atomic E-state index is 0.380. The first-order valence-corrected chi connectivity index (χ1v) is 7.36. The number of aromatic nitrogens is 1. The second-order valence-corrected chi connectivity index (χ2v) is 5.58. The zero-order valence-electron chi connectivity index (χ0n) is 11.9. The van der Waals surface area contributed by atoms with E-state index in [9.17, 15) is 0 Å². The summed E-state index contributed by atoms with van der Waals surface area (Å²) in [5.74, 6) is 0.952. The smallest absolute Gasteiger partial charge is 0.128 e. The van der Waals surface area contributed by atoms with Crippen LogP contribution in [-0.4, -0.2) is 24.1 Å².